The lowest BCUT2D eigenvalue weighted by Crippen LogP contribution is -2.09. The van der Waals surface area contributed by atoms with Crippen LogP contribution in [0.1, 0.15) is 28.7 Å². The third-order valence-corrected chi connectivity index (χ3v) is 3.02. The van der Waals surface area contributed by atoms with Gasteiger partial charge in [0, 0.05) is 12.1 Å². The first-order valence-electron chi connectivity index (χ1n) is 7.04. The monoisotopic (exact) mass is 336 g/mol. The van der Waals surface area contributed by atoms with Crippen molar-refractivity contribution in [3.05, 3.63) is 45.3 Å². The van der Waals surface area contributed by atoms with Crippen LogP contribution in [0.2, 0.25) is 0 Å². The molecule has 0 spiro atoms. The molecule has 0 bridgehead atoms. The van der Waals surface area contributed by atoms with Crippen molar-refractivity contribution in [1.82, 2.24) is 5.16 Å². The zero-order chi connectivity index (χ0) is 17.7. The van der Waals surface area contributed by atoms with Gasteiger partial charge in [-0.2, -0.15) is 0 Å². The number of carbonyl (C=O) groups excluding carboxylic acids is 1. The zero-order valence-electron chi connectivity index (χ0n) is 13.4. The predicted molar refractivity (Wildman–Crippen MR) is 81.2 cm³/mol. The van der Waals surface area contributed by atoms with Gasteiger partial charge in [0.2, 0.25) is 0 Å². The van der Waals surface area contributed by atoms with E-state index in [9.17, 15) is 14.9 Å². The number of hydrogen-bond acceptors (Lipinski definition) is 8. The third-order valence-electron chi connectivity index (χ3n) is 3.02. The predicted octanol–water partition coefficient (Wildman–Crippen LogP) is 2.66. The van der Waals surface area contributed by atoms with Crippen LogP contribution in [-0.2, 0) is 11.3 Å². The molecule has 2 rings (SSSR count). The van der Waals surface area contributed by atoms with Crippen molar-refractivity contribution in [1.29, 1.82) is 0 Å². The maximum atomic E-state index is 12.2. The Morgan fingerprint density at radius 3 is 2.62 bits per heavy atom. The number of nitrogens with zero attached hydrogens (tertiary/aromatic N) is 2. The van der Waals surface area contributed by atoms with E-state index in [0.717, 1.165) is 6.07 Å². The van der Waals surface area contributed by atoms with Crippen molar-refractivity contribution in [2.75, 3.05) is 13.7 Å². The number of rotatable bonds is 7. The lowest BCUT2D eigenvalue weighted by molar-refractivity contribution is -0.385. The number of nitro benzene ring substituents is 1. The molecule has 0 amide bonds. The van der Waals surface area contributed by atoms with E-state index < -0.39 is 16.6 Å². The molecular formula is C15H16N2O7. The molecule has 1 aromatic carbocycles. The van der Waals surface area contributed by atoms with Crippen LogP contribution in [0.5, 0.6) is 11.5 Å². The molecule has 0 aliphatic heterocycles. The average Bonchev–Trinajstić information content (AvgIpc) is 2.97. The second-order valence-corrected chi connectivity index (χ2v) is 4.72. The van der Waals surface area contributed by atoms with Crippen LogP contribution >= 0.6 is 0 Å². The molecule has 0 saturated heterocycles. The highest BCUT2D eigenvalue weighted by molar-refractivity contribution is 5.95. The van der Waals surface area contributed by atoms with E-state index in [0.29, 0.717) is 18.1 Å². The van der Waals surface area contributed by atoms with Crippen LogP contribution < -0.4 is 9.47 Å². The minimum atomic E-state index is -0.876. The van der Waals surface area contributed by atoms with Gasteiger partial charge >= 0.3 is 5.97 Å². The molecule has 1 heterocycles. The fraction of sp³-hybridized carbons (Fsp3) is 0.333. The SMILES string of the molecule is CCOc1cc(C(=O)OCc2cc(C)no2)c([N+](=O)[O-])cc1OC. The van der Waals surface area contributed by atoms with Gasteiger partial charge in [-0.15, -0.1) is 0 Å². The maximum Gasteiger partial charge on any atom is 0.345 e. The Morgan fingerprint density at radius 1 is 1.33 bits per heavy atom. The van der Waals surface area contributed by atoms with E-state index >= 15 is 0 Å². The van der Waals surface area contributed by atoms with Crippen molar-refractivity contribution in [3.8, 4) is 11.5 Å². The Bertz CT molecular complexity index is 754. The summed E-state index contributed by atoms with van der Waals surface area (Å²) < 4.78 is 20.4. The van der Waals surface area contributed by atoms with Crippen LogP contribution in [0, 0.1) is 17.0 Å². The van der Waals surface area contributed by atoms with Gasteiger partial charge in [0.15, 0.2) is 23.9 Å². The molecule has 1 aromatic heterocycles. The number of nitro groups is 1. The van der Waals surface area contributed by atoms with E-state index in [1.165, 1.54) is 13.2 Å². The molecule has 9 nitrogen and oxygen atoms in total. The molecule has 0 atom stereocenters. The molecule has 9 heteroatoms. The maximum absolute atomic E-state index is 12.2. The molecule has 0 aliphatic carbocycles. The summed E-state index contributed by atoms with van der Waals surface area (Å²) >= 11 is 0. The first kappa shape index (κ1) is 17.3. The number of methoxy groups -OCH3 is 1. The molecular weight excluding hydrogens is 320 g/mol. The smallest absolute Gasteiger partial charge is 0.345 e. The van der Waals surface area contributed by atoms with Crippen LogP contribution in [0.25, 0.3) is 0 Å². The quantitative estimate of drug-likeness (QED) is 0.430. The van der Waals surface area contributed by atoms with Crippen molar-refractivity contribution < 1.29 is 28.5 Å². The number of ether oxygens (including phenoxy) is 3. The molecule has 128 valence electrons. The molecule has 0 N–H and O–H groups in total. The Kier molecular flexibility index (Phi) is 5.35. The van der Waals surface area contributed by atoms with Crippen molar-refractivity contribution in [2.24, 2.45) is 0 Å². The number of benzene rings is 1. The molecule has 0 unspecified atom stereocenters. The summed E-state index contributed by atoms with van der Waals surface area (Å²) in [5, 5.41) is 14.9. The van der Waals surface area contributed by atoms with Crippen LogP contribution in [0.3, 0.4) is 0 Å². The fourth-order valence-electron chi connectivity index (χ4n) is 1.99. The van der Waals surface area contributed by atoms with Gasteiger partial charge in [-0.05, 0) is 13.8 Å². The summed E-state index contributed by atoms with van der Waals surface area (Å²) in [7, 11) is 1.35. The van der Waals surface area contributed by atoms with Gasteiger partial charge in [-0.3, -0.25) is 10.1 Å². The molecule has 24 heavy (non-hydrogen) atoms. The summed E-state index contributed by atoms with van der Waals surface area (Å²) in [6, 6.07) is 3.95. The molecule has 0 saturated carbocycles. The van der Waals surface area contributed by atoms with Gasteiger partial charge in [-0.25, -0.2) is 4.79 Å². The van der Waals surface area contributed by atoms with Crippen LogP contribution in [0.15, 0.2) is 22.7 Å². The van der Waals surface area contributed by atoms with E-state index in [1.54, 1.807) is 19.9 Å². The Balaban J connectivity index is 2.29. The van der Waals surface area contributed by atoms with Crippen molar-refractivity contribution >= 4 is 11.7 Å². The van der Waals surface area contributed by atoms with Crippen molar-refractivity contribution in [3.63, 3.8) is 0 Å². The third kappa shape index (κ3) is 3.80. The van der Waals surface area contributed by atoms with Gasteiger partial charge in [0.1, 0.15) is 5.56 Å². The highest BCUT2D eigenvalue weighted by atomic mass is 16.6. The zero-order valence-corrected chi connectivity index (χ0v) is 13.4. The summed E-state index contributed by atoms with van der Waals surface area (Å²) in [5.41, 5.74) is -0.0374. The number of esters is 1. The van der Waals surface area contributed by atoms with Crippen LogP contribution in [0.4, 0.5) is 5.69 Å². The largest absolute Gasteiger partial charge is 0.493 e. The first-order valence-corrected chi connectivity index (χ1v) is 7.04. The van der Waals surface area contributed by atoms with Gasteiger partial charge in [0.25, 0.3) is 5.69 Å². The van der Waals surface area contributed by atoms with Gasteiger partial charge in [-0.1, -0.05) is 5.16 Å². The number of carbonyl (C=O) groups is 1. The highest BCUT2D eigenvalue weighted by Gasteiger charge is 2.26. The van der Waals surface area contributed by atoms with Gasteiger partial charge < -0.3 is 18.7 Å². The normalized spacial score (nSPS) is 10.3. The lowest BCUT2D eigenvalue weighted by atomic mass is 10.1. The van der Waals surface area contributed by atoms with E-state index in [1.807, 2.05) is 0 Å². The Hall–Kier alpha value is -3.10. The standard InChI is InChI=1S/C15H16N2O7/c1-4-22-14-6-11(12(17(19)20)7-13(14)21-3)15(18)23-8-10-5-9(2)16-24-10/h5-7H,4,8H2,1-3H3. The molecule has 0 fully saturated rings. The number of aromatic nitrogens is 1. The fourth-order valence-corrected chi connectivity index (χ4v) is 1.99. The lowest BCUT2D eigenvalue weighted by Gasteiger charge is -2.11. The average molecular weight is 336 g/mol. The second-order valence-electron chi connectivity index (χ2n) is 4.72. The van der Waals surface area contributed by atoms with E-state index in [4.69, 9.17) is 18.7 Å². The molecule has 0 radical (unpaired) electrons. The first-order chi connectivity index (χ1) is 11.5. The van der Waals surface area contributed by atoms with E-state index in [-0.39, 0.29) is 23.7 Å². The topological polar surface area (TPSA) is 114 Å². The second kappa shape index (κ2) is 7.44. The minimum Gasteiger partial charge on any atom is -0.493 e. The molecule has 0 aliphatic rings. The number of hydrogen-bond donors (Lipinski definition) is 0. The van der Waals surface area contributed by atoms with Crippen molar-refractivity contribution in [2.45, 2.75) is 20.5 Å². The number of aryl methyl sites for hydroxylation is 1. The Labute approximate surface area is 137 Å². The summed E-state index contributed by atoms with van der Waals surface area (Å²) in [4.78, 5) is 22.7. The summed E-state index contributed by atoms with van der Waals surface area (Å²) in [5.74, 6) is -0.166. The Morgan fingerprint density at radius 2 is 2.08 bits per heavy atom. The minimum absolute atomic E-state index is 0.158. The van der Waals surface area contributed by atoms with E-state index in [2.05, 4.69) is 5.16 Å². The van der Waals surface area contributed by atoms with Gasteiger partial charge in [0.05, 0.1) is 30.4 Å². The summed E-state index contributed by atoms with van der Waals surface area (Å²) in [6.07, 6.45) is 0. The molecule has 2 aromatic rings. The van der Waals surface area contributed by atoms with Crippen LogP contribution in [-0.4, -0.2) is 29.8 Å². The highest BCUT2D eigenvalue weighted by Crippen LogP contribution is 2.35. The summed E-state index contributed by atoms with van der Waals surface area (Å²) in [6.45, 7) is 3.58.